The van der Waals surface area contributed by atoms with E-state index >= 15 is 0 Å². The Hall–Kier alpha value is -1.96. The smallest absolute Gasteiger partial charge is 0.423 e. The maximum Gasteiger partial charge on any atom is 0.423 e. The normalized spacial score (nSPS) is 11.3. The monoisotopic (exact) mass is 437 g/mol. The minimum absolute atomic E-state index is 0. The van der Waals surface area contributed by atoms with E-state index < -0.39 is 34.9 Å². The fourth-order valence-corrected chi connectivity index (χ4v) is 2.76. The summed E-state index contributed by atoms with van der Waals surface area (Å²) in [6.07, 6.45) is -4.90. The van der Waals surface area contributed by atoms with E-state index in [1.165, 1.54) is 13.8 Å². The van der Waals surface area contributed by atoms with Crippen LogP contribution in [0.5, 0.6) is 11.5 Å². The van der Waals surface area contributed by atoms with Gasteiger partial charge in [0.2, 0.25) is 0 Å². The minimum Gasteiger partial charge on any atom is -0.506 e. The van der Waals surface area contributed by atoms with E-state index in [0.717, 1.165) is 12.1 Å². The summed E-state index contributed by atoms with van der Waals surface area (Å²) in [5, 5.41) is 10.5. The lowest BCUT2D eigenvalue weighted by Gasteiger charge is -2.18. The van der Waals surface area contributed by atoms with Crippen LogP contribution in [0.2, 0.25) is 5.02 Å². The van der Waals surface area contributed by atoms with Crippen molar-refractivity contribution in [2.45, 2.75) is 33.2 Å². The van der Waals surface area contributed by atoms with Crippen molar-refractivity contribution in [2.24, 2.45) is 11.7 Å². The van der Waals surface area contributed by atoms with E-state index in [2.05, 4.69) is 0 Å². The summed E-state index contributed by atoms with van der Waals surface area (Å²) in [6, 6.07) is 7.01. The number of ketones is 1. The molecule has 0 aliphatic rings. The number of Topliss-reactive ketones (excluding diaryl/α,β-unsaturated/α-hetero) is 1. The van der Waals surface area contributed by atoms with Crippen molar-refractivity contribution in [3.05, 3.63) is 57.6 Å². The van der Waals surface area contributed by atoms with Crippen molar-refractivity contribution < 1.29 is 27.8 Å². The fourth-order valence-electron chi connectivity index (χ4n) is 2.48. The largest absolute Gasteiger partial charge is 0.506 e. The Morgan fingerprint density at radius 1 is 1.25 bits per heavy atom. The highest BCUT2D eigenvalue weighted by Crippen LogP contribution is 2.44. The zero-order valence-electron chi connectivity index (χ0n) is 15.1. The Balaban J connectivity index is 0.00000392. The average Bonchev–Trinajstić information content (AvgIpc) is 2.58. The van der Waals surface area contributed by atoms with Gasteiger partial charge in [-0.2, -0.15) is 13.2 Å². The lowest BCUT2D eigenvalue weighted by Crippen LogP contribution is -2.14. The van der Waals surface area contributed by atoms with Crippen LogP contribution in [0.15, 0.2) is 30.3 Å². The van der Waals surface area contributed by atoms with Crippen molar-refractivity contribution in [3.63, 3.8) is 0 Å². The number of aromatic hydroxyl groups is 1. The molecule has 0 amide bonds. The van der Waals surface area contributed by atoms with Crippen LogP contribution in [0, 0.1) is 5.92 Å². The number of alkyl halides is 3. The molecule has 9 heteroatoms. The van der Waals surface area contributed by atoms with Crippen LogP contribution in [0.3, 0.4) is 0 Å². The molecule has 3 N–H and O–H groups in total. The highest BCUT2D eigenvalue weighted by molar-refractivity contribution is 6.31. The van der Waals surface area contributed by atoms with Crippen molar-refractivity contribution in [1.29, 1.82) is 0 Å². The van der Waals surface area contributed by atoms with Gasteiger partial charge in [-0.05, 0) is 29.3 Å². The van der Waals surface area contributed by atoms with Crippen LogP contribution in [0.1, 0.15) is 40.9 Å². The van der Waals surface area contributed by atoms with Crippen LogP contribution < -0.4 is 10.5 Å². The molecule has 2 aromatic rings. The van der Waals surface area contributed by atoms with E-state index in [0.29, 0.717) is 16.1 Å². The maximum atomic E-state index is 13.5. The van der Waals surface area contributed by atoms with Crippen molar-refractivity contribution in [2.75, 3.05) is 0 Å². The second kappa shape index (κ2) is 9.49. The molecular formula is C19H20Cl2F3NO3. The fraction of sp³-hybridized carbons (Fsp3) is 0.316. The van der Waals surface area contributed by atoms with Crippen molar-refractivity contribution in [3.8, 4) is 11.5 Å². The molecule has 2 rings (SSSR count). The highest BCUT2D eigenvalue weighted by Gasteiger charge is 2.39. The van der Waals surface area contributed by atoms with Gasteiger partial charge in [0.1, 0.15) is 23.7 Å². The topological polar surface area (TPSA) is 72.5 Å². The lowest BCUT2D eigenvalue weighted by atomic mass is 9.97. The summed E-state index contributed by atoms with van der Waals surface area (Å²) in [5.74, 6) is -2.85. The standard InChI is InChI=1S/C19H19ClF3NO3.ClH/c1-10(2)17(25)13-5-6-15(16(18(13)26)19(21,22)23)27-9-11-3-4-12(8-24)14(20)7-11;/h3-7,10,26H,8-9,24H2,1-2H3;1H. The molecule has 0 bridgehead atoms. The molecule has 0 fully saturated rings. The molecule has 0 unspecified atom stereocenters. The third kappa shape index (κ3) is 5.31. The number of ether oxygens (including phenoxy) is 1. The second-order valence-corrected chi connectivity index (χ2v) is 6.68. The number of rotatable bonds is 6. The number of hydrogen-bond acceptors (Lipinski definition) is 4. The van der Waals surface area contributed by atoms with E-state index in [1.807, 2.05) is 0 Å². The predicted octanol–water partition coefficient (Wildman–Crippen LogP) is 5.36. The first-order chi connectivity index (χ1) is 12.6. The first kappa shape index (κ1) is 24.1. The molecule has 0 aromatic heterocycles. The Bertz CT molecular complexity index is 855. The molecule has 0 heterocycles. The SMILES string of the molecule is CC(C)C(=O)c1ccc(OCc2ccc(CN)c(Cl)c2)c(C(F)(F)F)c1O.Cl. The molecule has 154 valence electrons. The Morgan fingerprint density at radius 3 is 2.39 bits per heavy atom. The molecule has 0 radical (unpaired) electrons. The van der Waals surface area contributed by atoms with Crippen LogP contribution in [-0.4, -0.2) is 10.9 Å². The zero-order chi connectivity index (χ0) is 20.4. The van der Waals surface area contributed by atoms with Crippen LogP contribution in [0.25, 0.3) is 0 Å². The lowest BCUT2D eigenvalue weighted by molar-refractivity contribution is -0.140. The van der Waals surface area contributed by atoms with Gasteiger partial charge in [0, 0.05) is 17.5 Å². The van der Waals surface area contributed by atoms with Gasteiger partial charge in [0.15, 0.2) is 5.78 Å². The second-order valence-electron chi connectivity index (χ2n) is 6.27. The summed E-state index contributed by atoms with van der Waals surface area (Å²) in [6.45, 7) is 3.10. The van der Waals surface area contributed by atoms with Gasteiger partial charge in [-0.15, -0.1) is 12.4 Å². The molecule has 0 aliphatic carbocycles. The first-order valence-corrected chi connectivity index (χ1v) is 8.51. The summed E-state index contributed by atoms with van der Waals surface area (Å²) in [4.78, 5) is 12.0. The van der Waals surface area contributed by atoms with Gasteiger partial charge in [-0.25, -0.2) is 0 Å². The molecule has 0 spiro atoms. The molecule has 4 nitrogen and oxygen atoms in total. The van der Waals surface area contributed by atoms with Gasteiger partial charge >= 0.3 is 6.18 Å². The highest BCUT2D eigenvalue weighted by atomic mass is 35.5. The number of hydrogen-bond donors (Lipinski definition) is 2. The number of phenolic OH excluding ortho intramolecular Hbond substituents is 1. The number of phenols is 1. The number of benzene rings is 2. The van der Waals surface area contributed by atoms with Gasteiger partial charge in [0.25, 0.3) is 0 Å². The number of nitrogens with two attached hydrogens (primary N) is 1. The Morgan fingerprint density at radius 2 is 1.89 bits per heavy atom. The minimum atomic E-state index is -4.90. The third-order valence-corrected chi connectivity index (χ3v) is 4.30. The van der Waals surface area contributed by atoms with Gasteiger partial charge < -0.3 is 15.6 Å². The zero-order valence-corrected chi connectivity index (χ0v) is 16.7. The van der Waals surface area contributed by atoms with Crippen molar-refractivity contribution in [1.82, 2.24) is 0 Å². The van der Waals surface area contributed by atoms with Crippen LogP contribution >= 0.6 is 24.0 Å². The average molecular weight is 438 g/mol. The van der Waals surface area contributed by atoms with Gasteiger partial charge in [0.05, 0.1) is 5.56 Å². The van der Waals surface area contributed by atoms with Gasteiger partial charge in [-0.1, -0.05) is 37.6 Å². The number of carbonyl (C=O) groups is 1. The molecule has 2 aromatic carbocycles. The van der Waals surface area contributed by atoms with Crippen LogP contribution in [-0.2, 0) is 19.3 Å². The molecule has 0 atom stereocenters. The van der Waals surface area contributed by atoms with Crippen LogP contribution in [0.4, 0.5) is 13.2 Å². The van der Waals surface area contributed by atoms with E-state index in [9.17, 15) is 23.1 Å². The van der Waals surface area contributed by atoms with Crippen molar-refractivity contribution >= 4 is 29.8 Å². The number of halogens is 5. The Labute approximate surface area is 171 Å². The molecule has 28 heavy (non-hydrogen) atoms. The molecule has 0 saturated heterocycles. The predicted molar refractivity (Wildman–Crippen MR) is 103 cm³/mol. The first-order valence-electron chi connectivity index (χ1n) is 8.13. The van der Waals surface area contributed by atoms with E-state index in [1.54, 1.807) is 18.2 Å². The van der Waals surface area contributed by atoms with Gasteiger partial charge in [-0.3, -0.25) is 4.79 Å². The Kier molecular flexibility index (Phi) is 8.16. The summed E-state index contributed by atoms with van der Waals surface area (Å²) in [5.41, 5.74) is 4.98. The quantitative estimate of drug-likeness (QED) is 0.596. The third-order valence-electron chi connectivity index (χ3n) is 3.94. The molecular weight excluding hydrogens is 418 g/mol. The summed E-state index contributed by atoms with van der Waals surface area (Å²) < 4.78 is 45.6. The summed E-state index contributed by atoms with van der Waals surface area (Å²) in [7, 11) is 0. The molecule has 0 saturated carbocycles. The summed E-state index contributed by atoms with van der Waals surface area (Å²) >= 11 is 6.03. The molecule has 0 aliphatic heterocycles. The van der Waals surface area contributed by atoms with E-state index in [-0.39, 0.29) is 31.1 Å². The number of carbonyl (C=O) groups excluding carboxylic acids is 1. The maximum absolute atomic E-state index is 13.5. The van der Waals surface area contributed by atoms with E-state index in [4.69, 9.17) is 22.1 Å².